The van der Waals surface area contributed by atoms with Crippen LogP contribution < -0.4 is 0 Å². The average molecular weight is 1030 g/mol. The van der Waals surface area contributed by atoms with E-state index in [1.54, 1.807) is 42.5 Å². The molecule has 0 saturated heterocycles. The average Bonchev–Trinajstić information content (AvgIpc) is 3.86. The topological polar surface area (TPSA) is 57.4 Å². The van der Waals surface area contributed by atoms with Gasteiger partial charge in [-0.25, -0.2) is 0 Å². The van der Waals surface area contributed by atoms with Crippen LogP contribution in [0.4, 0.5) is 65.9 Å². The van der Waals surface area contributed by atoms with Crippen LogP contribution in [0.25, 0.3) is 88.4 Å². The van der Waals surface area contributed by atoms with E-state index in [2.05, 4.69) is 6.07 Å². The van der Waals surface area contributed by atoms with Crippen molar-refractivity contribution in [3.63, 3.8) is 0 Å². The summed E-state index contributed by atoms with van der Waals surface area (Å²) in [5, 5.41) is 22.5. The molecule has 0 aliphatic rings. The Hall–Kier alpha value is -8.71. The van der Waals surface area contributed by atoms with Crippen molar-refractivity contribution in [2.45, 2.75) is 30.9 Å². The van der Waals surface area contributed by atoms with Crippen molar-refractivity contribution in [1.29, 1.82) is 10.5 Å². The number of rotatable bonds is 5. The van der Waals surface area contributed by atoms with Gasteiger partial charge in [-0.3, -0.25) is 0 Å². The Morgan fingerprint density at radius 2 is 0.757 bits per heavy atom. The van der Waals surface area contributed by atoms with Gasteiger partial charge >= 0.3 is 30.9 Å². The van der Waals surface area contributed by atoms with Crippen molar-refractivity contribution in [1.82, 2.24) is 9.13 Å². The van der Waals surface area contributed by atoms with E-state index in [4.69, 9.17) is 0 Å². The number of aromatic nitrogens is 2. The first-order valence-corrected chi connectivity index (χ1v) is 21.6. The Labute approximate surface area is 406 Å². The van der Waals surface area contributed by atoms with Crippen molar-refractivity contribution in [2.75, 3.05) is 0 Å². The number of alkyl halides is 15. The van der Waals surface area contributed by atoms with Gasteiger partial charge in [0, 0.05) is 32.7 Å². The van der Waals surface area contributed by atoms with Gasteiger partial charge < -0.3 is 9.13 Å². The normalized spacial score (nSPS) is 12.8. The Kier molecular flexibility index (Phi) is 11.2. The highest BCUT2D eigenvalue weighted by atomic mass is 19.4. The third kappa shape index (κ3) is 8.18. The van der Waals surface area contributed by atoms with E-state index in [1.165, 1.54) is 63.7 Å². The molecule has 0 radical (unpaired) electrons. The van der Waals surface area contributed by atoms with Gasteiger partial charge in [-0.15, -0.1) is 0 Å². The van der Waals surface area contributed by atoms with Gasteiger partial charge in [-0.2, -0.15) is 76.4 Å². The third-order valence-electron chi connectivity index (χ3n) is 12.7. The highest BCUT2D eigenvalue weighted by Crippen LogP contribution is 2.48. The predicted octanol–water partition coefficient (Wildman–Crippen LogP) is 17.7. The molecule has 8 aromatic carbocycles. The zero-order chi connectivity index (χ0) is 53.0. The largest absolute Gasteiger partial charge is 0.417 e. The molecule has 19 heteroatoms. The van der Waals surface area contributed by atoms with Gasteiger partial charge in [-0.1, -0.05) is 66.7 Å². The molecule has 0 aliphatic heterocycles. The third-order valence-corrected chi connectivity index (χ3v) is 12.7. The van der Waals surface area contributed by atoms with E-state index in [1.807, 2.05) is 6.07 Å². The molecule has 0 saturated carbocycles. The van der Waals surface area contributed by atoms with E-state index in [0.29, 0.717) is 35.0 Å². The maximum atomic E-state index is 15.3. The number of para-hydroxylation sites is 2. The van der Waals surface area contributed by atoms with Crippen LogP contribution in [0.15, 0.2) is 152 Å². The summed E-state index contributed by atoms with van der Waals surface area (Å²) in [6.45, 7) is 0. The summed E-state index contributed by atoms with van der Waals surface area (Å²) < 4.78 is 217. The molecule has 0 bridgehead atoms. The smallest absolute Gasteiger partial charge is 0.309 e. The van der Waals surface area contributed by atoms with Crippen LogP contribution in [-0.2, 0) is 30.9 Å². The highest BCUT2D eigenvalue weighted by molar-refractivity contribution is 6.13. The molecule has 10 rings (SSSR count). The lowest BCUT2D eigenvalue weighted by molar-refractivity contribution is -0.144. The number of nitrogens with zero attached hydrogens (tertiary/aromatic N) is 4. The fourth-order valence-corrected chi connectivity index (χ4v) is 9.62. The second-order valence-corrected chi connectivity index (χ2v) is 17.0. The fourth-order valence-electron chi connectivity index (χ4n) is 9.62. The number of benzene rings is 8. The Morgan fingerprint density at radius 1 is 0.324 bits per heavy atom. The van der Waals surface area contributed by atoms with Crippen LogP contribution in [0.5, 0.6) is 0 Å². The summed E-state index contributed by atoms with van der Waals surface area (Å²) in [4.78, 5) is 0. The zero-order valence-electron chi connectivity index (χ0n) is 36.9. The minimum atomic E-state index is -5.25. The minimum Gasteiger partial charge on any atom is -0.309 e. The molecular weight excluding hydrogens is 1000 g/mol. The summed E-state index contributed by atoms with van der Waals surface area (Å²) in [6.07, 6.45) is -25.8. The van der Waals surface area contributed by atoms with Crippen molar-refractivity contribution in [2.24, 2.45) is 0 Å². The van der Waals surface area contributed by atoms with Gasteiger partial charge in [-0.05, 0) is 107 Å². The van der Waals surface area contributed by atoms with Crippen molar-refractivity contribution >= 4 is 43.6 Å². The van der Waals surface area contributed by atoms with Crippen LogP contribution in [-0.4, -0.2) is 9.13 Å². The molecular formula is C55H25F15N4. The monoisotopic (exact) mass is 1030 g/mol. The Balaban J connectivity index is 1.27. The lowest BCUT2D eigenvalue weighted by Gasteiger charge is -2.22. The van der Waals surface area contributed by atoms with Crippen LogP contribution in [0.1, 0.15) is 38.9 Å². The molecule has 2 aromatic heterocycles. The maximum Gasteiger partial charge on any atom is 0.417 e. The van der Waals surface area contributed by atoms with Gasteiger partial charge in [0.2, 0.25) is 0 Å². The van der Waals surface area contributed by atoms with Crippen LogP contribution in [0, 0.1) is 22.7 Å². The summed E-state index contributed by atoms with van der Waals surface area (Å²) in [6, 6.07) is 31.7. The Bertz CT molecular complexity index is 4040. The molecule has 4 nitrogen and oxygen atoms in total. The molecule has 370 valence electrons. The second kappa shape index (κ2) is 16.9. The molecule has 74 heavy (non-hydrogen) atoms. The summed E-state index contributed by atoms with van der Waals surface area (Å²) in [5.41, 5.74) is -10.2. The van der Waals surface area contributed by atoms with Crippen molar-refractivity contribution < 1.29 is 65.9 Å². The first kappa shape index (κ1) is 48.9. The second-order valence-electron chi connectivity index (χ2n) is 17.0. The van der Waals surface area contributed by atoms with E-state index in [-0.39, 0.29) is 78.6 Å². The molecule has 0 aliphatic carbocycles. The first-order valence-electron chi connectivity index (χ1n) is 21.6. The van der Waals surface area contributed by atoms with Gasteiger partial charge in [0.1, 0.15) is 6.07 Å². The highest BCUT2D eigenvalue weighted by Gasteiger charge is 2.41. The SMILES string of the molecule is N#Cc1cc(-n2c3ccccc3c3cc(-c4ccc(C(F)(F)F)cc4C(F)(F)F)ccc32)c(-c2c(C#N)cccc2C(F)(F)F)cc1-n1c2ccccc2c2cc(-c3ccc(C(F)(F)F)cc3C(F)(F)F)ccc21. The van der Waals surface area contributed by atoms with Gasteiger partial charge in [0.25, 0.3) is 0 Å². The lowest BCUT2D eigenvalue weighted by Crippen LogP contribution is -2.12. The zero-order valence-corrected chi connectivity index (χ0v) is 36.9. The van der Waals surface area contributed by atoms with Crippen molar-refractivity contribution in [3.8, 4) is 56.9 Å². The van der Waals surface area contributed by atoms with Crippen LogP contribution in [0.2, 0.25) is 0 Å². The standard InChI is InChI=1S/C55H25F15N4/c56-51(57,58)32-14-16-34(42(23-32)54(65,66)67)28-12-18-46-38(20-28)36-7-1-3-10-44(36)73(46)48-25-40(50-30(26-71)6-5-9-41(50)53(62,63)64)49(22-31(48)27-72)74-45-11-4-2-8-37(45)39-21-29(13-19-47(39)74)35-17-15-33(52(59,60)61)24-43(35)55(68,69)70/h1-25H. The molecule has 0 unspecified atom stereocenters. The van der Waals surface area contributed by atoms with E-state index in [9.17, 15) is 63.2 Å². The molecule has 0 amide bonds. The molecule has 0 atom stereocenters. The molecule has 2 heterocycles. The summed E-state index contributed by atoms with van der Waals surface area (Å²) in [5.74, 6) is 0. The quantitative estimate of drug-likeness (QED) is 0.161. The minimum absolute atomic E-state index is 0.00155. The first-order chi connectivity index (χ1) is 34.8. The summed E-state index contributed by atoms with van der Waals surface area (Å²) in [7, 11) is 0. The number of hydrogen-bond acceptors (Lipinski definition) is 2. The molecule has 10 aromatic rings. The molecule has 0 fully saturated rings. The molecule has 0 N–H and O–H groups in total. The number of halogens is 15. The van der Waals surface area contributed by atoms with Crippen molar-refractivity contribution in [3.05, 3.63) is 191 Å². The lowest BCUT2D eigenvalue weighted by atomic mass is 9.91. The maximum absolute atomic E-state index is 15.3. The van der Waals surface area contributed by atoms with Gasteiger partial charge in [0.15, 0.2) is 0 Å². The fraction of sp³-hybridized carbons (Fsp3) is 0.0909. The predicted molar refractivity (Wildman–Crippen MR) is 246 cm³/mol. The number of fused-ring (bicyclic) bond motifs is 6. The van der Waals surface area contributed by atoms with Crippen LogP contribution >= 0.6 is 0 Å². The van der Waals surface area contributed by atoms with E-state index >= 15 is 13.2 Å². The molecule has 0 spiro atoms. The van der Waals surface area contributed by atoms with Crippen LogP contribution in [0.3, 0.4) is 0 Å². The number of hydrogen-bond donors (Lipinski definition) is 0. The summed E-state index contributed by atoms with van der Waals surface area (Å²) >= 11 is 0. The van der Waals surface area contributed by atoms with E-state index in [0.717, 1.165) is 18.2 Å². The van der Waals surface area contributed by atoms with E-state index < -0.39 is 81.0 Å². The Morgan fingerprint density at radius 3 is 1.19 bits per heavy atom. The van der Waals surface area contributed by atoms with Gasteiger partial charge in [0.05, 0.1) is 78.5 Å². The number of nitriles is 2.